The van der Waals surface area contributed by atoms with Gasteiger partial charge in [-0.05, 0) is 73.0 Å². The summed E-state index contributed by atoms with van der Waals surface area (Å²) in [6.45, 7) is 6.58. The smallest absolute Gasteiger partial charge is 0.263 e. The summed E-state index contributed by atoms with van der Waals surface area (Å²) in [7, 11) is 2.05. The second kappa shape index (κ2) is 11.9. The molecular formula is C30H32F2N6O2. The lowest BCUT2D eigenvalue weighted by Gasteiger charge is -2.23. The molecule has 208 valence electrons. The number of benzene rings is 2. The molecule has 0 saturated carbocycles. The average Bonchev–Trinajstić information content (AvgIpc) is 3.41. The van der Waals surface area contributed by atoms with Gasteiger partial charge in [0, 0.05) is 38.3 Å². The van der Waals surface area contributed by atoms with Crippen LogP contribution in [0.5, 0.6) is 0 Å². The Hall–Kier alpha value is -4.18. The number of hydrogen-bond acceptors (Lipinski definition) is 6. The third kappa shape index (κ3) is 6.02. The van der Waals surface area contributed by atoms with Crippen molar-refractivity contribution in [3.05, 3.63) is 99.7 Å². The summed E-state index contributed by atoms with van der Waals surface area (Å²) < 4.78 is 28.1. The van der Waals surface area contributed by atoms with Crippen molar-refractivity contribution in [2.45, 2.75) is 26.4 Å². The largest absolute Gasteiger partial charge is 0.359 e. The molecule has 1 atom stereocenters. The number of fused-ring (bicyclic) bond motifs is 1. The number of amides is 1. The van der Waals surface area contributed by atoms with Crippen LogP contribution in [0.2, 0.25) is 0 Å². The second-order valence-corrected chi connectivity index (χ2v) is 10.3. The highest BCUT2D eigenvalue weighted by molar-refractivity contribution is 5.94. The molecule has 1 aliphatic heterocycles. The maximum atomic E-state index is 13.6. The van der Waals surface area contributed by atoms with Crippen LogP contribution in [0.3, 0.4) is 0 Å². The van der Waals surface area contributed by atoms with Gasteiger partial charge < -0.3 is 19.7 Å². The summed E-state index contributed by atoms with van der Waals surface area (Å²) in [4.78, 5) is 39.5. The van der Waals surface area contributed by atoms with Crippen LogP contribution in [0.25, 0.3) is 10.9 Å². The first kappa shape index (κ1) is 27.4. The lowest BCUT2D eigenvalue weighted by molar-refractivity contribution is 0.0949. The lowest BCUT2D eigenvalue weighted by Crippen LogP contribution is -2.32. The molecule has 5 rings (SSSR count). The van der Waals surface area contributed by atoms with Crippen molar-refractivity contribution in [1.29, 1.82) is 0 Å². The van der Waals surface area contributed by atoms with Gasteiger partial charge in [-0.25, -0.2) is 18.7 Å². The second-order valence-electron chi connectivity index (χ2n) is 10.3. The van der Waals surface area contributed by atoms with Gasteiger partial charge in [-0.2, -0.15) is 0 Å². The van der Waals surface area contributed by atoms with E-state index in [0.717, 1.165) is 60.6 Å². The molecule has 10 heteroatoms. The van der Waals surface area contributed by atoms with Gasteiger partial charge >= 0.3 is 0 Å². The minimum atomic E-state index is -0.990. The minimum absolute atomic E-state index is 0.00938. The molecule has 2 aromatic carbocycles. The van der Waals surface area contributed by atoms with E-state index in [1.54, 1.807) is 12.4 Å². The van der Waals surface area contributed by atoms with E-state index in [2.05, 4.69) is 32.0 Å². The number of rotatable bonds is 9. The van der Waals surface area contributed by atoms with Gasteiger partial charge in [0.15, 0.2) is 11.6 Å². The van der Waals surface area contributed by atoms with Crippen LogP contribution >= 0.6 is 0 Å². The summed E-state index contributed by atoms with van der Waals surface area (Å²) in [5, 5.41) is 3.72. The Kier molecular flexibility index (Phi) is 8.16. The molecule has 1 unspecified atom stereocenters. The van der Waals surface area contributed by atoms with E-state index < -0.39 is 23.1 Å². The predicted octanol–water partition coefficient (Wildman–Crippen LogP) is 3.83. The molecule has 0 bridgehead atoms. The molecular weight excluding hydrogens is 514 g/mol. The highest BCUT2D eigenvalue weighted by Gasteiger charge is 2.23. The van der Waals surface area contributed by atoms with E-state index >= 15 is 0 Å². The highest BCUT2D eigenvalue weighted by atomic mass is 19.2. The van der Waals surface area contributed by atoms with Gasteiger partial charge in [0.25, 0.3) is 11.5 Å². The number of likely N-dealkylation sites (tertiary alicyclic amines) is 1. The van der Waals surface area contributed by atoms with E-state index in [1.807, 2.05) is 25.2 Å². The Morgan fingerprint density at radius 3 is 2.70 bits per heavy atom. The molecule has 0 spiro atoms. The molecule has 1 amide bonds. The highest BCUT2D eigenvalue weighted by Crippen LogP contribution is 2.26. The number of nitrogens with zero attached hydrogens (tertiary/aromatic N) is 5. The first-order chi connectivity index (χ1) is 19.3. The molecule has 1 N–H and O–H groups in total. The van der Waals surface area contributed by atoms with Crippen LogP contribution in [-0.2, 0) is 13.1 Å². The van der Waals surface area contributed by atoms with Gasteiger partial charge in [-0.15, -0.1) is 0 Å². The summed E-state index contributed by atoms with van der Waals surface area (Å²) in [6, 6.07) is 12.2. The summed E-state index contributed by atoms with van der Waals surface area (Å²) in [6.07, 6.45) is 4.25. The number of pyridine rings is 1. The SMILES string of the molecule is CCN1CCC(CN(C)c2ncnc3ccc(CNC(=O)c4cccn(Cc5ccc(F)c(F)c5)c4=O)cc23)C1. The van der Waals surface area contributed by atoms with Gasteiger partial charge in [0.2, 0.25) is 0 Å². The first-order valence-electron chi connectivity index (χ1n) is 13.4. The normalized spacial score (nSPS) is 15.4. The van der Waals surface area contributed by atoms with Crippen LogP contribution in [-0.4, -0.2) is 58.6 Å². The number of anilines is 1. The zero-order valence-corrected chi connectivity index (χ0v) is 22.6. The Labute approximate surface area is 231 Å². The van der Waals surface area contributed by atoms with Gasteiger partial charge in [0.05, 0.1) is 12.1 Å². The lowest BCUT2D eigenvalue weighted by atomic mass is 10.1. The Morgan fingerprint density at radius 1 is 1.10 bits per heavy atom. The standard InChI is InChI=1S/C30H32F2N6O2/c1-3-37-12-10-22(17-37)16-36(2)28-24-13-20(7-9-27(24)34-19-35-28)15-33-29(39)23-5-4-11-38(30(23)40)18-21-6-8-25(31)26(32)14-21/h4-9,11,13-14,19,22H,3,10,12,15-18H2,1-2H3,(H,33,39). The average molecular weight is 547 g/mol. The van der Waals surface area contributed by atoms with Crippen molar-refractivity contribution in [2.75, 3.05) is 38.1 Å². The van der Waals surface area contributed by atoms with Crippen molar-refractivity contribution < 1.29 is 13.6 Å². The van der Waals surface area contributed by atoms with Crippen LogP contribution < -0.4 is 15.8 Å². The summed E-state index contributed by atoms with van der Waals surface area (Å²) in [5.74, 6) is -1.05. The van der Waals surface area contributed by atoms with Gasteiger partial charge in [0.1, 0.15) is 17.7 Å². The summed E-state index contributed by atoms with van der Waals surface area (Å²) >= 11 is 0. The minimum Gasteiger partial charge on any atom is -0.359 e. The van der Waals surface area contributed by atoms with Gasteiger partial charge in [-0.3, -0.25) is 9.59 Å². The fourth-order valence-corrected chi connectivity index (χ4v) is 5.27. The summed E-state index contributed by atoms with van der Waals surface area (Å²) in [5.41, 5.74) is 1.52. The molecule has 1 saturated heterocycles. The molecule has 0 radical (unpaired) electrons. The first-order valence-corrected chi connectivity index (χ1v) is 13.4. The molecule has 4 aromatic rings. The third-order valence-corrected chi connectivity index (χ3v) is 7.44. The quantitative estimate of drug-likeness (QED) is 0.344. The number of halogens is 2. The number of carbonyl (C=O) groups excluding carboxylic acids is 1. The molecule has 1 fully saturated rings. The maximum Gasteiger partial charge on any atom is 0.263 e. The third-order valence-electron chi connectivity index (χ3n) is 7.44. The molecule has 40 heavy (non-hydrogen) atoms. The number of aromatic nitrogens is 3. The van der Waals surface area contributed by atoms with Crippen molar-refractivity contribution in [3.63, 3.8) is 0 Å². The fourth-order valence-electron chi connectivity index (χ4n) is 5.27. The van der Waals surface area contributed by atoms with E-state index in [9.17, 15) is 18.4 Å². The molecule has 8 nitrogen and oxygen atoms in total. The Balaban J connectivity index is 1.29. The molecule has 1 aliphatic rings. The zero-order valence-electron chi connectivity index (χ0n) is 22.6. The topological polar surface area (TPSA) is 83.4 Å². The Bertz CT molecular complexity index is 1590. The number of nitrogens with one attached hydrogen (secondary N) is 1. The number of hydrogen-bond donors (Lipinski definition) is 1. The van der Waals surface area contributed by atoms with Crippen LogP contribution in [0.1, 0.15) is 34.8 Å². The fraction of sp³-hybridized carbons (Fsp3) is 0.333. The number of carbonyl (C=O) groups is 1. The Morgan fingerprint density at radius 2 is 1.93 bits per heavy atom. The monoisotopic (exact) mass is 546 g/mol. The maximum absolute atomic E-state index is 13.6. The predicted molar refractivity (Wildman–Crippen MR) is 150 cm³/mol. The van der Waals surface area contributed by atoms with Crippen LogP contribution in [0.15, 0.2) is 65.8 Å². The van der Waals surface area contributed by atoms with Crippen molar-refractivity contribution in [2.24, 2.45) is 5.92 Å². The van der Waals surface area contributed by atoms with Gasteiger partial charge in [-0.1, -0.05) is 19.1 Å². The molecule has 0 aliphatic carbocycles. The molecule has 3 heterocycles. The van der Waals surface area contributed by atoms with Crippen molar-refractivity contribution >= 4 is 22.6 Å². The van der Waals surface area contributed by atoms with E-state index in [-0.39, 0.29) is 18.7 Å². The van der Waals surface area contributed by atoms with E-state index in [0.29, 0.717) is 11.5 Å². The zero-order chi connectivity index (χ0) is 28.2. The van der Waals surface area contributed by atoms with Crippen molar-refractivity contribution in [3.8, 4) is 0 Å². The molecule has 2 aromatic heterocycles. The van der Waals surface area contributed by atoms with E-state index in [4.69, 9.17) is 0 Å². The van der Waals surface area contributed by atoms with Crippen LogP contribution in [0, 0.1) is 17.6 Å². The van der Waals surface area contributed by atoms with Crippen molar-refractivity contribution in [1.82, 2.24) is 24.8 Å². The van der Waals surface area contributed by atoms with E-state index in [1.165, 1.54) is 29.3 Å². The van der Waals surface area contributed by atoms with Crippen LogP contribution in [0.4, 0.5) is 14.6 Å².